The van der Waals surface area contributed by atoms with Crippen LogP contribution in [0.15, 0.2) is 17.3 Å². The van der Waals surface area contributed by atoms with Crippen molar-refractivity contribution >= 4 is 12.4 Å². The van der Waals surface area contributed by atoms with Gasteiger partial charge in [-0.3, -0.25) is 4.99 Å². The van der Waals surface area contributed by atoms with Crippen molar-refractivity contribution in [3.05, 3.63) is 12.3 Å². The van der Waals surface area contributed by atoms with Crippen LogP contribution in [-0.4, -0.2) is 12.4 Å². The molecule has 0 aromatic carbocycles. The number of allylic oxidation sites excluding steroid dienone is 1. The molecule has 0 spiro atoms. The summed E-state index contributed by atoms with van der Waals surface area (Å²) < 4.78 is 0. The van der Waals surface area contributed by atoms with E-state index in [-0.39, 0.29) is 0 Å². The molecule has 0 amide bonds. The molecule has 1 N–H and O–H groups in total. The predicted molar refractivity (Wildman–Crippen MR) is 63.9 cm³/mol. The predicted octanol–water partition coefficient (Wildman–Crippen LogP) is 3.93. The number of hydrogen-bond acceptors (Lipinski definition) is 2. The number of nitrogens with one attached hydrogen (secondary N) is 1. The number of nitrogens with zero attached hydrogens (tertiary/aromatic N) is 1. The second-order valence-electron chi connectivity index (χ2n) is 2.05. The zero-order valence-corrected chi connectivity index (χ0v) is 9.83. The lowest BCUT2D eigenvalue weighted by Crippen LogP contribution is -1.84. The fourth-order valence-corrected chi connectivity index (χ4v) is 0.315. The summed E-state index contributed by atoms with van der Waals surface area (Å²) in [4.78, 5) is 3.90. The van der Waals surface area contributed by atoms with Crippen molar-refractivity contribution in [2.75, 3.05) is 0 Å². The van der Waals surface area contributed by atoms with Gasteiger partial charge in [-0.05, 0) is 12.0 Å². The van der Waals surface area contributed by atoms with Crippen molar-refractivity contribution in [1.82, 2.24) is 0 Å². The largest absolute Gasteiger partial charge is 0.309 e. The van der Waals surface area contributed by atoms with E-state index in [0.717, 1.165) is 0 Å². The fraction of sp³-hybridized carbons (Fsp3) is 0.636. The minimum Gasteiger partial charge on any atom is -0.309 e. The van der Waals surface area contributed by atoms with E-state index in [4.69, 9.17) is 5.41 Å². The average molecular weight is 184 g/mol. The molecule has 0 fully saturated rings. The maximum Gasteiger partial charge on any atom is 0.0279 e. The number of hydrogen-bond donors (Lipinski definition) is 1. The maximum absolute atomic E-state index is 6.60. The molecule has 0 aliphatic rings. The van der Waals surface area contributed by atoms with Crippen LogP contribution in [0.3, 0.4) is 0 Å². The van der Waals surface area contributed by atoms with E-state index >= 15 is 0 Å². The van der Waals surface area contributed by atoms with Crippen molar-refractivity contribution in [1.29, 1.82) is 5.41 Å². The van der Waals surface area contributed by atoms with Gasteiger partial charge in [0.15, 0.2) is 0 Å². The summed E-state index contributed by atoms with van der Waals surface area (Å²) >= 11 is 0. The average Bonchev–Trinajstić information content (AvgIpc) is 2.19. The quantitative estimate of drug-likeness (QED) is 0.645. The Morgan fingerprint density at radius 1 is 1.08 bits per heavy atom. The lowest BCUT2D eigenvalue weighted by molar-refractivity contribution is 0.907. The van der Waals surface area contributed by atoms with Gasteiger partial charge < -0.3 is 5.41 Å². The van der Waals surface area contributed by atoms with Gasteiger partial charge in [0.05, 0.1) is 0 Å². The third kappa shape index (κ3) is 35.4. The van der Waals surface area contributed by atoms with Crippen molar-refractivity contribution in [2.24, 2.45) is 10.9 Å². The zero-order chi connectivity index (χ0) is 11.1. The molecule has 0 aromatic rings. The molecule has 2 nitrogen and oxygen atoms in total. The molecular formula is C11H24N2. The molecule has 78 valence electrons. The molecule has 0 aromatic heterocycles. The van der Waals surface area contributed by atoms with Gasteiger partial charge in [0.25, 0.3) is 0 Å². The molecule has 0 unspecified atom stereocenters. The highest BCUT2D eigenvalue weighted by atomic mass is 14.7. The molecule has 0 aliphatic heterocycles. The molecule has 0 radical (unpaired) electrons. The summed E-state index contributed by atoms with van der Waals surface area (Å²) in [6, 6.07) is 0. The monoisotopic (exact) mass is 184 g/mol. The maximum atomic E-state index is 6.60. The second kappa shape index (κ2) is 22.5. The highest BCUT2D eigenvalue weighted by Crippen LogP contribution is 1.84. The molecule has 2 heteroatoms. The molecule has 0 saturated carbocycles. The van der Waals surface area contributed by atoms with Gasteiger partial charge in [-0.2, -0.15) is 0 Å². The molecular weight excluding hydrogens is 160 g/mol. The van der Waals surface area contributed by atoms with Gasteiger partial charge in [-0.25, -0.2) is 0 Å². The Labute approximate surface area is 83.3 Å². The minimum atomic E-state index is 0.486. The Hall–Kier alpha value is -0.920. The van der Waals surface area contributed by atoms with Gasteiger partial charge >= 0.3 is 0 Å². The first-order valence-electron chi connectivity index (χ1n) is 4.96. The van der Waals surface area contributed by atoms with Crippen LogP contribution in [-0.2, 0) is 0 Å². The van der Waals surface area contributed by atoms with E-state index in [1.807, 2.05) is 33.9 Å². The topological polar surface area (TPSA) is 36.2 Å². The molecule has 0 heterocycles. The summed E-state index contributed by atoms with van der Waals surface area (Å²) in [6.45, 7) is 12.1. The van der Waals surface area contributed by atoms with E-state index in [2.05, 4.69) is 18.8 Å². The number of aliphatic imine (C=N–C) groups is 1. The van der Waals surface area contributed by atoms with Crippen LogP contribution in [0.25, 0.3) is 0 Å². The minimum absolute atomic E-state index is 0.486. The summed E-state index contributed by atoms with van der Waals surface area (Å²) in [7, 11) is 0. The number of rotatable bonds is 3. The van der Waals surface area contributed by atoms with Crippen LogP contribution in [0.2, 0.25) is 0 Å². The van der Waals surface area contributed by atoms with Gasteiger partial charge in [-0.1, -0.05) is 41.5 Å². The first-order valence-corrected chi connectivity index (χ1v) is 4.96. The Kier molecular flexibility index (Phi) is 31.1. The fourth-order valence-electron chi connectivity index (χ4n) is 0.315. The zero-order valence-electron chi connectivity index (χ0n) is 9.83. The molecule has 0 aliphatic carbocycles. The summed E-state index contributed by atoms with van der Waals surface area (Å²) in [5.41, 5.74) is 0. The van der Waals surface area contributed by atoms with Crippen molar-refractivity contribution in [3.63, 3.8) is 0 Å². The third-order valence-corrected chi connectivity index (χ3v) is 0.653. The highest BCUT2D eigenvalue weighted by Gasteiger charge is 1.79. The Morgan fingerprint density at radius 2 is 1.54 bits per heavy atom. The van der Waals surface area contributed by atoms with Crippen LogP contribution in [0, 0.1) is 11.3 Å². The lowest BCUT2D eigenvalue weighted by Gasteiger charge is -1.87. The first-order chi connectivity index (χ1) is 6.27. The van der Waals surface area contributed by atoms with E-state index in [9.17, 15) is 0 Å². The summed E-state index contributed by atoms with van der Waals surface area (Å²) in [5.74, 6) is 0.486. The van der Waals surface area contributed by atoms with Gasteiger partial charge in [0.1, 0.15) is 0 Å². The lowest BCUT2D eigenvalue weighted by atomic mass is 10.3. The highest BCUT2D eigenvalue weighted by molar-refractivity contribution is 5.68. The molecule has 13 heavy (non-hydrogen) atoms. The van der Waals surface area contributed by atoms with E-state index in [1.54, 1.807) is 12.3 Å². The smallest absolute Gasteiger partial charge is 0.0279 e. The second-order valence-corrected chi connectivity index (χ2v) is 2.05. The van der Waals surface area contributed by atoms with Crippen molar-refractivity contribution < 1.29 is 0 Å². The van der Waals surface area contributed by atoms with Crippen molar-refractivity contribution in [3.8, 4) is 0 Å². The Balaban J connectivity index is -0.000000218. The molecule has 0 atom stereocenters. The Morgan fingerprint density at radius 3 is 1.85 bits per heavy atom. The SMILES string of the molecule is CC.CC.CC(C)C=N/C=C\C=N. The van der Waals surface area contributed by atoms with Crippen LogP contribution in [0.1, 0.15) is 41.5 Å². The van der Waals surface area contributed by atoms with E-state index < -0.39 is 0 Å². The standard InChI is InChI=1S/C7H12N2.2C2H6/c1-7(2)6-9-5-3-4-8;2*1-2/h3-8H,1-2H3;2*1-2H3/b5-3-,8-4?,9-6?;;. The summed E-state index contributed by atoms with van der Waals surface area (Å²) in [5, 5.41) is 6.60. The van der Waals surface area contributed by atoms with Crippen LogP contribution in [0.5, 0.6) is 0 Å². The third-order valence-electron chi connectivity index (χ3n) is 0.653. The van der Waals surface area contributed by atoms with Crippen LogP contribution < -0.4 is 0 Å². The van der Waals surface area contributed by atoms with Crippen LogP contribution in [0.4, 0.5) is 0 Å². The van der Waals surface area contributed by atoms with E-state index in [1.165, 1.54) is 6.21 Å². The molecule has 0 bridgehead atoms. The van der Waals surface area contributed by atoms with Gasteiger partial charge in [0, 0.05) is 18.6 Å². The first kappa shape index (κ1) is 18.0. The van der Waals surface area contributed by atoms with Crippen LogP contribution >= 0.6 is 0 Å². The summed E-state index contributed by atoms with van der Waals surface area (Å²) in [6.07, 6.45) is 6.23. The molecule has 0 saturated heterocycles. The van der Waals surface area contributed by atoms with Gasteiger partial charge in [0.2, 0.25) is 0 Å². The van der Waals surface area contributed by atoms with E-state index in [0.29, 0.717) is 5.92 Å². The Bertz CT molecular complexity index is 124. The molecule has 0 rings (SSSR count). The van der Waals surface area contributed by atoms with Crippen molar-refractivity contribution in [2.45, 2.75) is 41.5 Å². The van der Waals surface area contributed by atoms with Gasteiger partial charge in [-0.15, -0.1) is 0 Å². The normalized spacial score (nSPS) is 9.15.